The van der Waals surface area contributed by atoms with Gasteiger partial charge in [-0.15, -0.1) is 0 Å². The molecule has 0 saturated carbocycles. The lowest BCUT2D eigenvalue weighted by molar-refractivity contribution is 0.668. The van der Waals surface area contributed by atoms with Gasteiger partial charge in [-0.1, -0.05) is 18.2 Å². The highest BCUT2D eigenvalue weighted by Gasteiger charge is 2.12. The molecule has 5 rings (SSSR count). The summed E-state index contributed by atoms with van der Waals surface area (Å²) >= 11 is 0. The fraction of sp³-hybridized carbons (Fsp3) is 0. The second-order valence-electron chi connectivity index (χ2n) is 5.63. The molecular weight excluding hydrogens is 300 g/mol. The summed E-state index contributed by atoms with van der Waals surface area (Å²) in [5, 5.41) is 2.97. The van der Waals surface area contributed by atoms with E-state index in [2.05, 4.69) is 21.0 Å². The molecule has 24 heavy (non-hydrogen) atoms. The summed E-state index contributed by atoms with van der Waals surface area (Å²) in [6, 6.07) is 15.7. The van der Waals surface area contributed by atoms with Crippen LogP contribution in [0.4, 0.5) is 5.95 Å². The lowest BCUT2D eigenvalue weighted by atomic mass is 10.0. The van der Waals surface area contributed by atoms with Crippen molar-refractivity contribution in [3.05, 3.63) is 60.9 Å². The van der Waals surface area contributed by atoms with Crippen LogP contribution >= 0.6 is 0 Å². The number of aromatic nitrogens is 3. The van der Waals surface area contributed by atoms with Crippen molar-refractivity contribution in [1.29, 1.82) is 0 Å². The number of hydrogen-bond donors (Lipinski definition) is 1. The first-order chi connectivity index (χ1) is 11.8. The number of furan rings is 1. The lowest BCUT2D eigenvalue weighted by Gasteiger charge is -2.07. The number of hydrogen-bond acceptors (Lipinski definition) is 5. The number of fused-ring (bicyclic) bond motifs is 4. The number of anilines is 1. The topological polar surface area (TPSA) is 77.8 Å². The largest absolute Gasteiger partial charge is 0.456 e. The Balaban J connectivity index is 1.85. The van der Waals surface area contributed by atoms with Crippen molar-refractivity contribution in [1.82, 2.24) is 15.0 Å². The normalized spacial score (nSPS) is 11.5. The van der Waals surface area contributed by atoms with Crippen molar-refractivity contribution in [3.8, 4) is 11.3 Å². The minimum absolute atomic E-state index is 0.266. The molecule has 0 aliphatic carbocycles. The number of nitrogens with zero attached hydrogens (tertiary/aromatic N) is 3. The Morgan fingerprint density at radius 1 is 0.833 bits per heavy atom. The molecule has 3 aromatic heterocycles. The minimum atomic E-state index is 0.266. The van der Waals surface area contributed by atoms with Gasteiger partial charge in [-0.25, -0.2) is 9.97 Å². The second-order valence-corrected chi connectivity index (χ2v) is 5.63. The molecule has 2 aromatic carbocycles. The zero-order chi connectivity index (χ0) is 16.1. The van der Waals surface area contributed by atoms with Crippen molar-refractivity contribution >= 4 is 38.8 Å². The third kappa shape index (κ3) is 1.85. The van der Waals surface area contributed by atoms with Gasteiger partial charge in [0.1, 0.15) is 11.2 Å². The van der Waals surface area contributed by atoms with Crippen LogP contribution in [0.1, 0.15) is 0 Å². The van der Waals surface area contributed by atoms with E-state index in [-0.39, 0.29) is 5.95 Å². The Kier molecular flexibility index (Phi) is 2.58. The predicted molar refractivity (Wildman–Crippen MR) is 94.5 cm³/mol. The first-order valence-electron chi connectivity index (χ1n) is 7.58. The summed E-state index contributed by atoms with van der Waals surface area (Å²) < 4.78 is 5.86. The highest BCUT2D eigenvalue weighted by atomic mass is 16.3. The molecule has 0 unspecified atom stereocenters. The average Bonchev–Trinajstić information content (AvgIpc) is 2.99. The van der Waals surface area contributed by atoms with Crippen LogP contribution in [0.25, 0.3) is 44.1 Å². The summed E-state index contributed by atoms with van der Waals surface area (Å²) in [4.78, 5) is 13.0. The number of nitrogens with two attached hydrogens (primary N) is 1. The van der Waals surface area contributed by atoms with Gasteiger partial charge in [0.05, 0.1) is 11.2 Å². The zero-order valence-electron chi connectivity index (χ0n) is 12.6. The number of benzene rings is 2. The molecular formula is C19H12N4O. The highest BCUT2D eigenvalue weighted by molar-refractivity contribution is 6.06. The van der Waals surface area contributed by atoms with Crippen LogP contribution in [-0.2, 0) is 0 Å². The van der Waals surface area contributed by atoms with Gasteiger partial charge in [-0.2, -0.15) is 0 Å². The van der Waals surface area contributed by atoms with Gasteiger partial charge in [0.25, 0.3) is 0 Å². The zero-order valence-corrected chi connectivity index (χ0v) is 12.6. The first-order valence-corrected chi connectivity index (χ1v) is 7.58. The van der Waals surface area contributed by atoms with Gasteiger partial charge in [0.15, 0.2) is 0 Å². The highest BCUT2D eigenvalue weighted by Crippen LogP contribution is 2.33. The van der Waals surface area contributed by atoms with E-state index in [1.165, 1.54) is 0 Å². The van der Waals surface area contributed by atoms with Crippen LogP contribution in [-0.4, -0.2) is 15.0 Å². The maximum Gasteiger partial charge on any atom is 0.221 e. The minimum Gasteiger partial charge on any atom is -0.456 e. The molecule has 5 nitrogen and oxygen atoms in total. The Hall–Kier alpha value is -3.47. The molecule has 114 valence electrons. The van der Waals surface area contributed by atoms with Crippen molar-refractivity contribution in [2.24, 2.45) is 0 Å². The maximum absolute atomic E-state index is 5.89. The molecule has 0 bridgehead atoms. The molecule has 0 radical (unpaired) electrons. The number of rotatable bonds is 1. The average molecular weight is 312 g/mol. The molecule has 3 heterocycles. The van der Waals surface area contributed by atoms with Gasteiger partial charge >= 0.3 is 0 Å². The lowest BCUT2D eigenvalue weighted by Crippen LogP contribution is -1.97. The summed E-state index contributed by atoms with van der Waals surface area (Å²) in [5.41, 5.74) is 10.2. The van der Waals surface area contributed by atoms with E-state index >= 15 is 0 Å². The SMILES string of the molecule is Nc1nc(-c2ccc3oc4ccncc4c3c2)c2ccccc2n1. The van der Waals surface area contributed by atoms with Gasteiger partial charge in [0.2, 0.25) is 5.95 Å². The van der Waals surface area contributed by atoms with Crippen molar-refractivity contribution < 1.29 is 4.42 Å². The molecule has 5 heteroatoms. The Morgan fingerprint density at radius 2 is 1.71 bits per heavy atom. The molecule has 2 N–H and O–H groups in total. The third-order valence-corrected chi connectivity index (χ3v) is 4.16. The third-order valence-electron chi connectivity index (χ3n) is 4.16. The fourth-order valence-corrected chi connectivity index (χ4v) is 3.08. The molecule has 0 aliphatic heterocycles. The van der Waals surface area contributed by atoms with Gasteiger partial charge in [-0.3, -0.25) is 4.98 Å². The first kappa shape index (κ1) is 13.0. The Morgan fingerprint density at radius 3 is 2.67 bits per heavy atom. The van der Waals surface area contributed by atoms with Gasteiger partial charge < -0.3 is 10.2 Å². The molecule has 0 saturated heterocycles. The molecule has 0 atom stereocenters. The summed E-state index contributed by atoms with van der Waals surface area (Å²) in [5.74, 6) is 0.266. The molecule has 5 aromatic rings. The Bertz CT molecular complexity index is 1230. The van der Waals surface area contributed by atoms with E-state index in [0.29, 0.717) is 0 Å². The summed E-state index contributed by atoms with van der Waals surface area (Å²) in [6.07, 6.45) is 3.54. The number of pyridine rings is 1. The molecule has 0 amide bonds. The predicted octanol–water partition coefficient (Wildman–Crippen LogP) is 4.17. The van der Waals surface area contributed by atoms with Gasteiger partial charge in [-0.05, 0) is 30.3 Å². The van der Waals surface area contributed by atoms with Crippen LogP contribution in [0.15, 0.2) is 65.3 Å². The standard InChI is InChI=1S/C19H12N4O/c20-19-22-15-4-2-1-3-12(15)18(23-19)11-5-6-16-13(9-11)14-10-21-8-7-17(14)24-16/h1-10H,(H2,20,22,23). The fourth-order valence-electron chi connectivity index (χ4n) is 3.08. The maximum atomic E-state index is 5.89. The van der Waals surface area contributed by atoms with E-state index < -0.39 is 0 Å². The molecule has 0 fully saturated rings. The summed E-state index contributed by atoms with van der Waals surface area (Å²) in [6.45, 7) is 0. The van der Waals surface area contributed by atoms with Crippen LogP contribution in [0.5, 0.6) is 0 Å². The summed E-state index contributed by atoms with van der Waals surface area (Å²) in [7, 11) is 0. The smallest absolute Gasteiger partial charge is 0.221 e. The van der Waals surface area contributed by atoms with Crippen molar-refractivity contribution in [3.63, 3.8) is 0 Å². The number of nitrogen functional groups attached to an aromatic ring is 1. The van der Waals surface area contributed by atoms with Crippen LogP contribution < -0.4 is 5.73 Å². The van der Waals surface area contributed by atoms with E-state index in [9.17, 15) is 0 Å². The van der Waals surface area contributed by atoms with E-state index in [1.54, 1.807) is 6.20 Å². The van der Waals surface area contributed by atoms with Crippen molar-refractivity contribution in [2.45, 2.75) is 0 Å². The van der Waals surface area contributed by atoms with Gasteiger partial charge in [0, 0.05) is 34.1 Å². The van der Waals surface area contributed by atoms with E-state index in [4.69, 9.17) is 10.2 Å². The molecule has 0 spiro atoms. The van der Waals surface area contributed by atoms with Crippen LogP contribution in [0.2, 0.25) is 0 Å². The molecule has 0 aliphatic rings. The van der Waals surface area contributed by atoms with Crippen LogP contribution in [0, 0.1) is 0 Å². The quantitative estimate of drug-likeness (QED) is 0.502. The van der Waals surface area contributed by atoms with E-state index in [1.807, 2.05) is 48.7 Å². The Labute approximate surface area is 136 Å². The van der Waals surface area contributed by atoms with Crippen molar-refractivity contribution in [2.75, 3.05) is 5.73 Å². The monoisotopic (exact) mass is 312 g/mol. The van der Waals surface area contributed by atoms with E-state index in [0.717, 1.165) is 44.1 Å². The number of para-hydroxylation sites is 1. The van der Waals surface area contributed by atoms with Crippen LogP contribution in [0.3, 0.4) is 0 Å². The second kappa shape index (κ2) is 4.76.